The van der Waals surface area contributed by atoms with Gasteiger partial charge in [0.15, 0.2) is 0 Å². The number of hydrogen-bond donors (Lipinski definition) is 0. The predicted octanol–water partition coefficient (Wildman–Crippen LogP) is 0.887. The lowest BCUT2D eigenvalue weighted by Crippen LogP contribution is -2.49. The Balaban J connectivity index is 3.03. The van der Waals surface area contributed by atoms with Crippen molar-refractivity contribution in [2.75, 3.05) is 7.11 Å². The first-order valence-electron chi connectivity index (χ1n) is 3.80. The van der Waals surface area contributed by atoms with Gasteiger partial charge in [0.05, 0.1) is 0 Å². The molecule has 0 aromatic heterocycles. The lowest BCUT2D eigenvalue weighted by molar-refractivity contribution is 0.419. The number of carbonyl (C=O) groups is 1. The molecule has 0 aliphatic heterocycles. The molecule has 1 aromatic carbocycles. The molecule has 2 nitrogen and oxygen atoms in total. The van der Waals surface area contributed by atoms with Crippen molar-refractivity contribution in [2.24, 2.45) is 0 Å². The molecule has 0 spiro atoms. The van der Waals surface area contributed by atoms with Crippen molar-refractivity contribution >= 4 is 19.4 Å². The van der Waals surface area contributed by atoms with E-state index in [1.807, 2.05) is 36.9 Å². The molecule has 1 atom stereocenters. The molecule has 64 valence electrons. The quantitative estimate of drug-likeness (QED) is 0.510. The van der Waals surface area contributed by atoms with E-state index in [1.165, 1.54) is 0 Å². The minimum atomic E-state index is -2.25. The third-order valence-electron chi connectivity index (χ3n) is 2.00. The van der Waals surface area contributed by atoms with Crippen molar-refractivity contribution in [3.63, 3.8) is 0 Å². The van der Waals surface area contributed by atoms with Crippen molar-refractivity contribution in [1.29, 1.82) is 0 Å². The lowest BCUT2D eigenvalue weighted by Gasteiger charge is -2.17. The fourth-order valence-corrected chi connectivity index (χ4v) is 2.33. The van der Waals surface area contributed by atoms with Crippen molar-refractivity contribution in [3.8, 4) is 0 Å². The predicted molar refractivity (Wildman–Crippen MR) is 51.5 cm³/mol. The first-order valence-corrected chi connectivity index (χ1v) is 6.28. The Morgan fingerprint density at radius 3 is 2.33 bits per heavy atom. The molecular weight excluding hydrogens is 168 g/mol. The molecule has 3 heteroatoms. The highest BCUT2D eigenvalue weighted by molar-refractivity contribution is 7.05. The Morgan fingerprint density at radius 1 is 1.33 bits per heavy atom. The highest BCUT2D eigenvalue weighted by atomic mass is 28.4. The zero-order chi connectivity index (χ0) is 9.03. The maximum atomic E-state index is 10.8. The highest BCUT2D eigenvalue weighted by Gasteiger charge is 2.29. The van der Waals surface area contributed by atoms with Crippen LogP contribution in [0.15, 0.2) is 30.3 Å². The van der Waals surface area contributed by atoms with E-state index in [9.17, 15) is 4.79 Å². The molecule has 0 fully saturated rings. The van der Waals surface area contributed by atoms with E-state index < -0.39 is 8.32 Å². The highest BCUT2D eigenvalue weighted by Crippen LogP contribution is 2.00. The number of hydrogen-bond acceptors (Lipinski definition) is 2. The minimum Gasteiger partial charge on any atom is -0.409 e. The van der Waals surface area contributed by atoms with Gasteiger partial charge in [-0.1, -0.05) is 30.3 Å². The molecule has 0 bridgehead atoms. The second kappa shape index (κ2) is 3.65. The zero-order valence-corrected chi connectivity index (χ0v) is 8.28. The van der Waals surface area contributed by atoms with Crippen LogP contribution in [0, 0.1) is 0 Å². The summed E-state index contributed by atoms with van der Waals surface area (Å²) in [5.41, 5.74) is 0. The van der Waals surface area contributed by atoms with E-state index >= 15 is 0 Å². The topological polar surface area (TPSA) is 26.3 Å². The van der Waals surface area contributed by atoms with Crippen molar-refractivity contribution in [2.45, 2.75) is 6.55 Å². The maximum Gasteiger partial charge on any atom is 0.288 e. The summed E-state index contributed by atoms with van der Waals surface area (Å²) in [5.74, 6) is 0.947. The molecule has 1 aromatic rings. The van der Waals surface area contributed by atoms with Crippen LogP contribution < -0.4 is 5.19 Å². The van der Waals surface area contributed by atoms with Crippen LogP contribution in [-0.2, 0) is 9.22 Å². The van der Waals surface area contributed by atoms with Gasteiger partial charge in [-0.15, -0.1) is 0 Å². The molecule has 1 rings (SSSR count). The van der Waals surface area contributed by atoms with Crippen LogP contribution in [0.25, 0.3) is 0 Å². The Morgan fingerprint density at radius 2 is 1.92 bits per heavy atom. The van der Waals surface area contributed by atoms with Gasteiger partial charge in [-0.05, 0) is 11.7 Å². The molecular formula is C9H12O2Si. The third kappa shape index (κ3) is 1.62. The van der Waals surface area contributed by atoms with E-state index in [0.29, 0.717) is 0 Å². The minimum absolute atomic E-state index is 0.947. The number of carbonyl (C=O) groups excluding carboxylic acids is 1. The first kappa shape index (κ1) is 9.16. The summed E-state index contributed by atoms with van der Waals surface area (Å²) in [5, 5.41) is 1.02. The van der Waals surface area contributed by atoms with E-state index in [4.69, 9.17) is 4.43 Å². The van der Waals surface area contributed by atoms with E-state index in [1.54, 1.807) is 7.11 Å². The van der Waals surface area contributed by atoms with Gasteiger partial charge in [-0.2, -0.15) is 0 Å². The maximum absolute atomic E-state index is 10.8. The molecule has 0 saturated carbocycles. The summed E-state index contributed by atoms with van der Waals surface area (Å²) in [6.45, 7) is 1.88. The molecule has 1 unspecified atom stereocenters. The van der Waals surface area contributed by atoms with E-state index in [0.717, 1.165) is 11.1 Å². The average Bonchev–Trinajstić information content (AvgIpc) is 2.18. The second-order valence-corrected chi connectivity index (χ2v) is 6.23. The van der Waals surface area contributed by atoms with Gasteiger partial charge in [0.1, 0.15) is 5.91 Å². The summed E-state index contributed by atoms with van der Waals surface area (Å²) in [4.78, 5) is 10.8. The summed E-state index contributed by atoms with van der Waals surface area (Å²) >= 11 is 0. The average molecular weight is 180 g/mol. The van der Waals surface area contributed by atoms with E-state index in [-0.39, 0.29) is 0 Å². The summed E-state index contributed by atoms with van der Waals surface area (Å²) in [6.07, 6.45) is 0. The SMILES string of the molecule is CO[Si](C)(C=O)c1ccccc1. The largest absolute Gasteiger partial charge is 0.409 e. The van der Waals surface area contributed by atoms with Gasteiger partial charge >= 0.3 is 0 Å². The molecule has 0 aliphatic carbocycles. The van der Waals surface area contributed by atoms with Crippen molar-refractivity contribution in [1.82, 2.24) is 0 Å². The Hall–Kier alpha value is -0.933. The Labute approximate surface area is 73.3 Å². The van der Waals surface area contributed by atoms with Gasteiger partial charge in [-0.25, -0.2) is 0 Å². The second-order valence-electron chi connectivity index (χ2n) is 2.80. The fraction of sp³-hybridized carbons (Fsp3) is 0.222. The van der Waals surface area contributed by atoms with Crippen LogP contribution in [0.3, 0.4) is 0 Å². The smallest absolute Gasteiger partial charge is 0.288 e. The number of rotatable bonds is 3. The molecule has 0 aliphatic rings. The lowest BCUT2D eigenvalue weighted by atomic mass is 10.4. The molecule has 0 heterocycles. The standard InChI is InChI=1S/C9H12O2Si/c1-11-12(2,8-10)9-6-4-3-5-7-9/h3-8H,1-2H3. The number of benzene rings is 1. The van der Waals surface area contributed by atoms with Gasteiger partial charge < -0.3 is 9.22 Å². The van der Waals surface area contributed by atoms with Crippen LogP contribution in [0.4, 0.5) is 0 Å². The van der Waals surface area contributed by atoms with E-state index in [2.05, 4.69) is 0 Å². The van der Waals surface area contributed by atoms with Gasteiger partial charge in [-0.3, -0.25) is 0 Å². The van der Waals surface area contributed by atoms with Gasteiger partial charge in [0.2, 0.25) is 0 Å². The fourth-order valence-electron chi connectivity index (χ4n) is 1.00. The third-order valence-corrected chi connectivity index (χ3v) is 4.77. The molecule has 0 radical (unpaired) electrons. The van der Waals surface area contributed by atoms with Crippen molar-refractivity contribution in [3.05, 3.63) is 30.3 Å². The summed E-state index contributed by atoms with van der Waals surface area (Å²) in [7, 11) is -0.663. The van der Waals surface area contributed by atoms with Crippen molar-refractivity contribution < 1.29 is 9.22 Å². The van der Waals surface area contributed by atoms with Crippen LogP contribution in [0.5, 0.6) is 0 Å². The van der Waals surface area contributed by atoms with Crippen LogP contribution >= 0.6 is 0 Å². The normalized spacial score (nSPS) is 15.2. The van der Waals surface area contributed by atoms with Crippen LogP contribution in [0.1, 0.15) is 0 Å². The first-order chi connectivity index (χ1) is 5.73. The van der Waals surface area contributed by atoms with Gasteiger partial charge in [0, 0.05) is 7.11 Å². The van der Waals surface area contributed by atoms with Gasteiger partial charge in [0.25, 0.3) is 8.32 Å². The molecule has 0 saturated heterocycles. The molecule has 0 N–H and O–H groups in total. The zero-order valence-electron chi connectivity index (χ0n) is 7.28. The Kier molecular flexibility index (Phi) is 2.78. The van der Waals surface area contributed by atoms with Crippen LogP contribution in [0.2, 0.25) is 6.55 Å². The molecule has 0 amide bonds. The monoisotopic (exact) mass is 180 g/mol. The summed E-state index contributed by atoms with van der Waals surface area (Å²) in [6, 6.07) is 9.64. The molecule has 12 heavy (non-hydrogen) atoms. The van der Waals surface area contributed by atoms with Crippen LogP contribution in [-0.4, -0.2) is 21.3 Å². The Bertz CT molecular complexity index is 260. The summed E-state index contributed by atoms with van der Waals surface area (Å²) < 4.78 is 5.24.